The zero-order chi connectivity index (χ0) is 9.26. The fourth-order valence-corrected chi connectivity index (χ4v) is 2.18. The fraction of sp³-hybridized carbons (Fsp3) is 0.538. The lowest BCUT2D eigenvalue weighted by Gasteiger charge is -2.23. The molecule has 13 heavy (non-hydrogen) atoms. The van der Waals surface area contributed by atoms with Gasteiger partial charge in [-0.25, -0.2) is 0 Å². The lowest BCUT2D eigenvalue weighted by Crippen LogP contribution is -2.05. The van der Waals surface area contributed by atoms with Gasteiger partial charge in [-0.1, -0.05) is 43.2 Å². The highest BCUT2D eigenvalue weighted by molar-refractivity contribution is 5.38. The van der Waals surface area contributed by atoms with Gasteiger partial charge in [0.05, 0.1) is 0 Å². The lowest BCUT2D eigenvalue weighted by molar-refractivity contribution is 0.686. The maximum absolute atomic E-state index is 2.45. The molecule has 0 saturated heterocycles. The third-order valence-corrected chi connectivity index (χ3v) is 3.14. The van der Waals surface area contributed by atoms with Crippen LogP contribution in [0.15, 0.2) is 34.9 Å². The molecule has 0 N–H and O–H groups in total. The summed E-state index contributed by atoms with van der Waals surface area (Å²) in [5.74, 6) is 0.736. The number of rotatable bonds is 1. The second kappa shape index (κ2) is 3.53. The molecule has 0 saturated carbocycles. The molecule has 0 aromatic heterocycles. The van der Waals surface area contributed by atoms with Gasteiger partial charge in [0.15, 0.2) is 0 Å². The molecule has 0 aliphatic heterocycles. The third kappa shape index (κ3) is 1.77. The van der Waals surface area contributed by atoms with Crippen molar-refractivity contribution in [3.8, 4) is 0 Å². The summed E-state index contributed by atoms with van der Waals surface area (Å²) in [5, 5.41) is 0. The van der Waals surface area contributed by atoms with Gasteiger partial charge in [0, 0.05) is 0 Å². The normalized spacial score (nSPS) is 21.9. The molecule has 0 atom stereocenters. The molecule has 0 radical (unpaired) electrons. The van der Waals surface area contributed by atoms with E-state index in [1.807, 2.05) is 0 Å². The van der Waals surface area contributed by atoms with Gasteiger partial charge in [0.2, 0.25) is 0 Å². The maximum Gasteiger partial charge on any atom is -0.00977 e. The Morgan fingerprint density at radius 2 is 1.85 bits per heavy atom. The highest BCUT2D eigenvalue weighted by atomic mass is 14.2. The van der Waals surface area contributed by atoms with Crippen molar-refractivity contribution in [1.82, 2.24) is 0 Å². The van der Waals surface area contributed by atoms with Crippen LogP contribution in [-0.2, 0) is 0 Å². The van der Waals surface area contributed by atoms with Crippen molar-refractivity contribution in [3.05, 3.63) is 34.9 Å². The SMILES string of the molecule is CC(C)C1=CC2=C(CC=CC2)CC1. The molecule has 0 amide bonds. The van der Waals surface area contributed by atoms with Crippen molar-refractivity contribution in [2.24, 2.45) is 5.92 Å². The highest BCUT2D eigenvalue weighted by Crippen LogP contribution is 2.33. The van der Waals surface area contributed by atoms with Crippen LogP contribution in [0.3, 0.4) is 0 Å². The van der Waals surface area contributed by atoms with Crippen molar-refractivity contribution in [3.63, 3.8) is 0 Å². The number of allylic oxidation sites excluding steroid dienone is 6. The molecule has 0 fully saturated rings. The van der Waals surface area contributed by atoms with Gasteiger partial charge in [0.25, 0.3) is 0 Å². The van der Waals surface area contributed by atoms with E-state index in [0.717, 1.165) is 5.92 Å². The van der Waals surface area contributed by atoms with Crippen LogP contribution < -0.4 is 0 Å². The van der Waals surface area contributed by atoms with Gasteiger partial charge in [0.1, 0.15) is 0 Å². The summed E-state index contributed by atoms with van der Waals surface area (Å²) in [6, 6.07) is 0. The minimum absolute atomic E-state index is 0.736. The Balaban J connectivity index is 2.21. The van der Waals surface area contributed by atoms with Gasteiger partial charge in [-0.3, -0.25) is 0 Å². The first-order valence-corrected chi connectivity index (χ1v) is 5.33. The molecule has 70 valence electrons. The van der Waals surface area contributed by atoms with Crippen LogP contribution in [-0.4, -0.2) is 0 Å². The van der Waals surface area contributed by atoms with Gasteiger partial charge in [-0.15, -0.1) is 0 Å². The van der Waals surface area contributed by atoms with Crippen LogP contribution in [0, 0.1) is 5.92 Å². The van der Waals surface area contributed by atoms with Crippen LogP contribution in [0.2, 0.25) is 0 Å². The monoisotopic (exact) mass is 174 g/mol. The van der Waals surface area contributed by atoms with E-state index < -0.39 is 0 Å². The second-order valence-corrected chi connectivity index (χ2v) is 4.38. The fourth-order valence-electron chi connectivity index (χ4n) is 2.18. The average Bonchev–Trinajstić information content (AvgIpc) is 2.17. The van der Waals surface area contributed by atoms with Crippen molar-refractivity contribution in [2.75, 3.05) is 0 Å². The summed E-state index contributed by atoms with van der Waals surface area (Å²) >= 11 is 0. The van der Waals surface area contributed by atoms with E-state index in [-0.39, 0.29) is 0 Å². The summed E-state index contributed by atoms with van der Waals surface area (Å²) in [6.07, 6.45) is 12.1. The zero-order valence-electron chi connectivity index (χ0n) is 8.64. The molecule has 0 aromatic rings. The Labute approximate surface area is 81.0 Å². The van der Waals surface area contributed by atoms with Gasteiger partial charge < -0.3 is 0 Å². The minimum Gasteiger partial charge on any atom is -0.0841 e. The molecule has 0 heteroatoms. The Kier molecular flexibility index (Phi) is 2.39. The third-order valence-electron chi connectivity index (χ3n) is 3.14. The maximum atomic E-state index is 2.45. The van der Waals surface area contributed by atoms with Crippen molar-refractivity contribution < 1.29 is 0 Å². The summed E-state index contributed by atoms with van der Waals surface area (Å²) in [6.45, 7) is 4.60. The molecule has 0 bridgehead atoms. The molecule has 0 spiro atoms. The van der Waals surface area contributed by atoms with Gasteiger partial charge in [-0.2, -0.15) is 0 Å². The predicted octanol–water partition coefficient (Wildman–Crippen LogP) is 4.01. The van der Waals surface area contributed by atoms with E-state index in [1.165, 1.54) is 25.7 Å². The molecule has 2 rings (SSSR count). The van der Waals surface area contributed by atoms with E-state index in [2.05, 4.69) is 32.1 Å². The van der Waals surface area contributed by atoms with Crippen LogP contribution >= 0.6 is 0 Å². The Hall–Kier alpha value is -0.780. The molecule has 2 aliphatic carbocycles. The van der Waals surface area contributed by atoms with Crippen molar-refractivity contribution in [2.45, 2.75) is 39.5 Å². The smallest absolute Gasteiger partial charge is 0.00977 e. The van der Waals surface area contributed by atoms with E-state index in [4.69, 9.17) is 0 Å². The Morgan fingerprint density at radius 1 is 1.08 bits per heavy atom. The van der Waals surface area contributed by atoms with Crippen LogP contribution in [0.25, 0.3) is 0 Å². The van der Waals surface area contributed by atoms with Crippen molar-refractivity contribution in [1.29, 1.82) is 0 Å². The van der Waals surface area contributed by atoms with Crippen LogP contribution in [0.4, 0.5) is 0 Å². The largest absolute Gasteiger partial charge is 0.0841 e. The van der Waals surface area contributed by atoms with Crippen LogP contribution in [0.5, 0.6) is 0 Å². The topological polar surface area (TPSA) is 0 Å². The first-order chi connectivity index (χ1) is 6.27. The predicted molar refractivity (Wildman–Crippen MR) is 57.6 cm³/mol. The quantitative estimate of drug-likeness (QED) is 0.527. The Bertz CT molecular complexity index is 287. The average molecular weight is 174 g/mol. The molecule has 2 aliphatic rings. The summed E-state index contributed by atoms with van der Waals surface area (Å²) in [7, 11) is 0. The lowest BCUT2D eigenvalue weighted by atomic mass is 9.83. The molecule has 0 unspecified atom stereocenters. The number of hydrogen-bond donors (Lipinski definition) is 0. The Morgan fingerprint density at radius 3 is 2.62 bits per heavy atom. The highest BCUT2D eigenvalue weighted by Gasteiger charge is 2.15. The van der Waals surface area contributed by atoms with E-state index in [0.29, 0.717) is 0 Å². The standard InChI is InChI=1S/C13H18/c1-10(2)12-8-7-11-5-3-4-6-13(11)9-12/h3-4,9-10H,5-8H2,1-2H3. The first kappa shape index (κ1) is 8.80. The van der Waals surface area contributed by atoms with Crippen LogP contribution in [0.1, 0.15) is 39.5 Å². The molecule has 0 heterocycles. The zero-order valence-corrected chi connectivity index (χ0v) is 8.64. The van der Waals surface area contributed by atoms with E-state index in [9.17, 15) is 0 Å². The first-order valence-electron chi connectivity index (χ1n) is 5.33. The summed E-state index contributed by atoms with van der Waals surface area (Å²) < 4.78 is 0. The van der Waals surface area contributed by atoms with E-state index in [1.54, 1.807) is 16.7 Å². The molecule has 0 nitrogen and oxygen atoms in total. The van der Waals surface area contributed by atoms with Gasteiger partial charge in [-0.05, 0) is 37.2 Å². The second-order valence-electron chi connectivity index (χ2n) is 4.38. The summed E-state index contributed by atoms with van der Waals surface area (Å²) in [4.78, 5) is 0. The molecular weight excluding hydrogens is 156 g/mol. The van der Waals surface area contributed by atoms with Crippen molar-refractivity contribution >= 4 is 0 Å². The molecule has 0 aromatic carbocycles. The number of hydrogen-bond acceptors (Lipinski definition) is 0. The van der Waals surface area contributed by atoms with Gasteiger partial charge >= 0.3 is 0 Å². The molecular formula is C13H18. The minimum atomic E-state index is 0.736. The van der Waals surface area contributed by atoms with E-state index >= 15 is 0 Å². The summed E-state index contributed by atoms with van der Waals surface area (Å²) in [5.41, 5.74) is 4.94.